The number of carbonyl (C=O) groups excluding carboxylic acids is 1. The van der Waals surface area contributed by atoms with E-state index in [1.54, 1.807) is 6.20 Å². The van der Waals surface area contributed by atoms with Crippen molar-refractivity contribution in [3.8, 4) is 0 Å². The lowest BCUT2D eigenvalue weighted by Gasteiger charge is -2.19. The number of pyridine rings is 1. The molecule has 0 aliphatic carbocycles. The zero-order chi connectivity index (χ0) is 13.1. The van der Waals surface area contributed by atoms with Gasteiger partial charge in [0.2, 0.25) is 0 Å². The van der Waals surface area contributed by atoms with Crippen molar-refractivity contribution >= 4 is 6.09 Å². The number of carbonyl (C=O) groups is 1. The van der Waals surface area contributed by atoms with Crippen LogP contribution in [0.5, 0.6) is 0 Å². The average Bonchev–Trinajstić information content (AvgIpc) is 2.13. The maximum Gasteiger partial charge on any atom is 0.407 e. The number of ether oxygens (including phenoxy) is 1. The van der Waals surface area contributed by atoms with Crippen LogP contribution in [-0.2, 0) is 11.3 Å². The van der Waals surface area contributed by atoms with Gasteiger partial charge in [-0.15, -0.1) is 0 Å². The second-order valence-corrected chi connectivity index (χ2v) is 5.11. The van der Waals surface area contributed by atoms with Crippen molar-refractivity contribution in [3.63, 3.8) is 0 Å². The molecule has 1 rings (SSSR count). The summed E-state index contributed by atoms with van der Waals surface area (Å²) in [5.41, 5.74) is 2.63. The summed E-state index contributed by atoms with van der Waals surface area (Å²) < 4.78 is 5.15. The van der Waals surface area contributed by atoms with Gasteiger partial charge in [-0.2, -0.15) is 0 Å². The van der Waals surface area contributed by atoms with E-state index >= 15 is 0 Å². The number of alkyl carbamates (subject to hydrolysis) is 1. The van der Waals surface area contributed by atoms with E-state index in [0.717, 1.165) is 16.8 Å². The largest absolute Gasteiger partial charge is 0.444 e. The van der Waals surface area contributed by atoms with Crippen LogP contribution < -0.4 is 5.32 Å². The molecule has 1 N–H and O–H groups in total. The topological polar surface area (TPSA) is 51.2 Å². The Morgan fingerprint density at radius 2 is 2.06 bits per heavy atom. The van der Waals surface area contributed by atoms with E-state index in [4.69, 9.17) is 4.74 Å². The van der Waals surface area contributed by atoms with Crippen LogP contribution in [-0.4, -0.2) is 16.7 Å². The molecule has 0 bridgehead atoms. The van der Waals surface area contributed by atoms with Crippen LogP contribution in [0, 0.1) is 13.8 Å². The first-order chi connectivity index (χ1) is 7.78. The Labute approximate surface area is 102 Å². The summed E-state index contributed by atoms with van der Waals surface area (Å²) in [6, 6.07) is 1.99. The quantitative estimate of drug-likeness (QED) is 0.859. The van der Waals surface area contributed by atoms with Crippen molar-refractivity contribution in [2.45, 2.75) is 46.8 Å². The fraction of sp³-hybridized carbons (Fsp3) is 0.538. The average molecular weight is 236 g/mol. The smallest absolute Gasteiger partial charge is 0.407 e. The minimum Gasteiger partial charge on any atom is -0.444 e. The second kappa shape index (κ2) is 5.17. The molecule has 1 aromatic rings. The van der Waals surface area contributed by atoms with Crippen molar-refractivity contribution in [1.82, 2.24) is 10.3 Å². The van der Waals surface area contributed by atoms with Crippen molar-refractivity contribution in [3.05, 3.63) is 29.1 Å². The number of aryl methyl sites for hydroxylation is 2. The lowest BCUT2D eigenvalue weighted by molar-refractivity contribution is 0.0523. The highest BCUT2D eigenvalue weighted by atomic mass is 16.6. The standard InChI is InChI=1S/C13H20N2O2/c1-9-6-10(2)14-7-11(9)8-15-12(16)17-13(3,4)5/h6-7H,8H2,1-5H3,(H,15,16). The summed E-state index contributed by atoms with van der Waals surface area (Å²) in [6.07, 6.45) is 1.37. The van der Waals surface area contributed by atoms with Crippen LogP contribution >= 0.6 is 0 Å². The first kappa shape index (κ1) is 13.5. The maximum absolute atomic E-state index is 11.5. The van der Waals surface area contributed by atoms with Crippen molar-refractivity contribution < 1.29 is 9.53 Å². The molecular weight excluding hydrogens is 216 g/mol. The third-order valence-corrected chi connectivity index (χ3v) is 2.18. The molecule has 0 radical (unpaired) electrons. The van der Waals surface area contributed by atoms with E-state index in [-0.39, 0.29) is 0 Å². The molecule has 17 heavy (non-hydrogen) atoms. The molecule has 0 saturated carbocycles. The van der Waals surface area contributed by atoms with E-state index in [1.165, 1.54) is 0 Å². The van der Waals surface area contributed by atoms with Gasteiger partial charge in [-0.25, -0.2) is 4.79 Å². The van der Waals surface area contributed by atoms with Gasteiger partial charge in [0.05, 0.1) is 0 Å². The second-order valence-electron chi connectivity index (χ2n) is 5.11. The molecule has 1 aromatic heterocycles. The molecule has 0 saturated heterocycles. The molecule has 0 aromatic carbocycles. The summed E-state index contributed by atoms with van der Waals surface area (Å²) in [4.78, 5) is 15.7. The number of amides is 1. The zero-order valence-electron chi connectivity index (χ0n) is 11.1. The van der Waals surface area contributed by atoms with E-state index in [9.17, 15) is 4.79 Å². The highest BCUT2D eigenvalue weighted by Crippen LogP contribution is 2.09. The normalized spacial score (nSPS) is 11.1. The molecule has 0 fully saturated rings. The van der Waals surface area contributed by atoms with E-state index in [0.29, 0.717) is 6.54 Å². The lowest BCUT2D eigenvalue weighted by atomic mass is 10.1. The highest BCUT2D eigenvalue weighted by molar-refractivity contribution is 5.67. The monoisotopic (exact) mass is 236 g/mol. The Kier molecular flexibility index (Phi) is 4.10. The Bertz CT molecular complexity index is 408. The Morgan fingerprint density at radius 3 is 2.59 bits per heavy atom. The molecule has 0 aliphatic rings. The number of rotatable bonds is 2. The molecule has 4 nitrogen and oxygen atoms in total. The van der Waals surface area contributed by atoms with E-state index in [2.05, 4.69) is 10.3 Å². The first-order valence-electron chi connectivity index (χ1n) is 5.67. The molecule has 0 atom stereocenters. The third kappa shape index (κ3) is 4.85. The highest BCUT2D eigenvalue weighted by Gasteiger charge is 2.15. The van der Waals surface area contributed by atoms with Gasteiger partial charge >= 0.3 is 6.09 Å². The Balaban J connectivity index is 2.53. The van der Waals surface area contributed by atoms with Crippen molar-refractivity contribution in [2.75, 3.05) is 0 Å². The van der Waals surface area contributed by atoms with Crippen LogP contribution in [0.3, 0.4) is 0 Å². The molecule has 0 unspecified atom stereocenters. The molecule has 1 heterocycles. The molecule has 4 heteroatoms. The van der Waals surface area contributed by atoms with Crippen LogP contribution in [0.4, 0.5) is 4.79 Å². The van der Waals surface area contributed by atoms with Crippen molar-refractivity contribution in [2.24, 2.45) is 0 Å². The SMILES string of the molecule is Cc1cc(C)c(CNC(=O)OC(C)(C)C)cn1. The van der Waals surface area contributed by atoms with Crippen molar-refractivity contribution in [1.29, 1.82) is 0 Å². The molecule has 1 amide bonds. The van der Waals surface area contributed by atoms with Gasteiger partial charge in [-0.3, -0.25) is 4.98 Å². The molecular formula is C13H20N2O2. The molecule has 0 aliphatic heterocycles. The van der Waals surface area contributed by atoms with Gasteiger partial charge in [0.25, 0.3) is 0 Å². The Hall–Kier alpha value is -1.58. The van der Waals surface area contributed by atoms with Gasteiger partial charge in [-0.1, -0.05) is 0 Å². The molecule has 94 valence electrons. The summed E-state index contributed by atoms with van der Waals surface area (Å²) in [5.74, 6) is 0. The zero-order valence-corrected chi connectivity index (χ0v) is 11.1. The lowest BCUT2D eigenvalue weighted by Crippen LogP contribution is -2.32. The Morgan fingerprint density at radius 1 is 1.41 bits per heavy atom. The summed E-state index contributed by atoms with van der Waals surface area (Å²) in [5, 5.41) is 2.71. The number of hydrogen-bond acceptors (Lipinski definition) is 3. The first-order valence-corrected chi connectivity index (χ1v) is 5.67. The summed E-state index contributed by atoms with van der Waals surface area (Å²) >= 11 is 0. The number of aromatic nitrogens is 1. The summed E-state index contributed by atoms with van der Waals surface area (Å²) in [6.45, 7) is 9.90. The minimum atomic E-state index is -0.468. The fourth-order valence-electron chi connectivity index (χ4n) is 1.39. The van der Waals surface area contributed by atoms with Gasteiger partial charge in [0.15, 0.2) is 0 Å². The fourth-order valence-corrected chi connectivity index (χ4v) is 1.39. The number of nitrogens with zero attached hydrogens (tertiary/aromatic N) is 1. The number of nitrogens with one attached hydrogen (secondary N) is 1. The van der Waals surface area contributed by atoms with Gasteiger partial charge in [0.1, 0.15) is 5.60 Å². The minimum absolute atomic E-state index is 0.405. The predicted molar refractivity (Wildman–Crippen MR) is 66.8 cm³/mol. The number of hydrogen-bond donors (Lipinski definition) is 1. The molecule has 0 spiro atoms. The van der Waals surface area contributed by atoms with Gasteiger partial charge in [-0.05, 0) is 51.8 Å². The summed E-state index contributed by atoms with van der Waals surface area (Å²) in [7, 11) is 0. The van der Waals surface area contributed by atoms with Crippen LogP contribution in [0.2, 0.25) is 0 Å². The van der Waals surface area contributed by atoms with Crippen LogP contribution in [0.15, 0.2) is 12.3 Å². The third-order valence-electron chi connectivity index (χ3n) is 2.18. The van der Waals surface area contributed by atoms with Gasteiger partial charge in [0, 0.05) is 18.4 Å². The van der Waals surface area contributed by atoms with E-state index in [1.807, 2.05) is 40.7 Å². The van der Waals surface area contributed by atoms with Gasteiger partial charge < -0.3 is 10.1 Å². The predicted octanol–water partition coefficient (Wildman–Crippen LogP) is 2.72. The van der Waals surface area contributed by atoms with Crippen LogP contribution in [0.1, 0.15) is 37.6 Å². The maximum atomic E-state index is 11.5. The van der Waals surface area contributed by atoms with E-state index < -0.39 is 11.7 Å². The van der Waals surface area contributed by atoms with Crippen LogP contribution in [0.25, 0.3) is 0 Å².